The van der Waals surface area contributed by atoms with E-state index >= 15 is 0 Å². The minimum atomic E-state index is -4.76. The van der Waals surface area contributed by atoms with Crippen LogP contribution in [0.1, 0.15) is 54.8 Å². The van der Waals surface area contributed by atoms with Gasteiger partial charge in [-0.1, -0.05) is 19.1 Å². The molecular formula is C27H34F3N5O3. The maximum absolute atomic E-state index is 13.8. The van der Waals surface area contributed by atoms with Crippen molar-refractivity contribution in [3.63, 3.8) is 0 Å². The van der Waals surface area contributed by atoms with E-state index in [1.165, 1.54) is 17.7 Å². The molecule has 11 heteroatoms. The zero-order valence-corrected chi connectivity index (χ0v) is 21.5. The van der Waals surface area contributed by atoms with Crippen LogP contribution >= 0.6 is 0 Å². The molecule has 2 aromatic rings. The van der Waals surface area contributed by atoms with Crippen LogP contribution in [0.15, 0.2) is 30.6 Å². The highest BCUT2D eigenvalue weighted by Gasteiger charge is 2.34. The molecule has 1 aromatic heterocycles. The Balaban J connectivity index is 1.28. The summed E-state index contributed by atoms with van der Waals surface area (Å²) in [4.78, 5) is 26.9. The van der Waals surface area contributed by atoms with Crippen molar-refractivity contribution in [1.29, 1.82) is 0 Å². The average molecular weight is 534 g/mol. The van der Waals surface area contributed by atoms with Gasteiger partial charge in [-0.15, -0.1) is 13.2 Å². The van der Waals surface area contributed by atoms with Gasteiger partial charge in [0, 0.05) is 63.2 Å². The lowest BCUT2D eigenvalue weighted by atomic mass is 9.95. The van der Waals surface area contributed by atoms with E-state index in [4.69, 9.17) is 4.74 Å². The van der Waals surface area contributed by atoms with Gasteiger partial charge < -0.3 is 24.6 Å². The highest BCUT2D eigenvalue weighted by molar-refractivity contribution is 5.84. The van der Waals surface area contributed by atoms with Crippen LogP contribution in [0, 0.1) is 0 Å². The lowest BCUT2D eigenvalue weighted by molar-refractivity contribution is -0.274. The molecule has 1 amide bonds. The van der Waals surface area contributed by atoms with Crippen molar-refractivity contribution >= 4 is 11.7 Å². The number of benzene rings is 1. The summed E-state index contributed by atoms with van der Waals surface area (Å²) < 4.78 is 47.3. The number of piperazine rings is 1. The summed E-state index contributed by atoms with van der Waals surface area (Å²) >= 11 is 0. The summed E-state index contributed by atoms with van der Waals surface area (Å²) in [5.41, 5.74) is 3.01. The molecule has 2 atom stereocenters. The molecule has 5 rings (SSSR count). The van der Waals surface area contributed by atoms with Crippen LogP contribution in [0.3, 0.4) is 0 Å². The second-order valence-electron chi connectivity index (χ2n) is 10.3. The monoisotopic (exact) mass is 533 g/mol. The van der Waals surface area contributed by atoms with Gasteiger partial charge in [0.2, 0.25) is 5.91 Å². The highest BCUT2D eigenvalue weighted by atomic mass is 19.4. The smallest absolute Gasteiger partial charge is 0.406 e. The molecule has 1 unspecified atom stereocenters. The van der Waals surface area contributed by atoms with Gasteiger partial charge in [-0.05, 0) is 49.3 Å². The maximum Gasteiger partial charge on any atom is 0.573 e. The summed E-state index contributed by atoms with van der Waals surface area (Å²) in [5, 5.41) is 3.49. The number of aryl methyl sites for hydroxylation is 1. The molecule has 1 N–H and O–H groups in total. The van der Waals surface area contributed by atoms with Gasteiger partial charge in [-0.2, -0.15) is 0 Å². The van der Waals surface area contributed by atoms with E-state index in [0.717, 1.165) is 37.2 Å². The Bertz CT molecular complexity index is 1100. The number of nitrogens with zero attached hydrogens (tertiary/aromatic N) is 4. The Labute approximate surface area is 220 Å². The number of anilines is 1. The fraction of sp³-hybridized carbons (Fsp3) is 0.593. The number of carbonyl (C=O) groups excluding carboxylic acids is 1. The SMILES string of the molecule is C[C@@H]1CCc2ncnc(N3CCN(C(=O)C(CNC4CCOCC4)c4ccc(OC(F)(F)F)cc4)CC3)c21. The Morgan fingerprint density at radius 3 is 2.50 bits per heavy atom. The fourth-order valence-electron chi connectivity index (χ4n) is 5.67. The van der Waals surface area contributed by atoms with Crippen LogP contribution in [0.5, 0.6) is 5.75 Å². The summed E-state index contributed by atoms with van der Waals surface area (Å²) in [6.07, 6.45) is 0.642. The zero-order valence-electron chi connectivity index (χ0n) is 21.5. The van der Waals surface area contributed by atoms with Crippen molar-refractivity contribution < 1.29 is 27.4 Å². The second kappa shape index (κ2) is 11.4. The third-order valence-corrected chi connectivity index (χ3v) is 7.79. The lowest BCUT2D eigenvalue weighted by Crippen LogP contribution is -2.51. The maximum atomic E-state index is 13.8. The van der Waals surface area contributed by atoms with Crippen molar-refractivity contribution in [2.45, 2.75) is 56.8 Å². The summed E-state index contributed by atoms with van der Waals surface area (Å²) in [7, 11) is 0. The standard InChI is InChI=1S/C27H34F3N5O3/c1-18-2-7-23-24(18)25(33-17-32-23)34-10-12-35(13-11-34)26(36)22(16-31-20-8-14-37-15-9-20)19-3-5-21(6-4-19)38-27(28,29)30/h3-6,17-18,20,22,31H,2,7-16H2,1H3/t18-,22?/m1/s1. The predicted octanol–water partition coefficient (Wildman–Crippen LogP) is 3.63. The Morgan fingerprint density at radius 2 is 1.82 bits per heavy atom. The zero-order chi connectivity index (χ0) is 26.7. The van der Waals surface area contributed by atoms with Gasteiger partial charge in [0.15, 0.2) is 0 Å². The van der Waals surface area contributed by atoms with Gasteiger partial charge in [0.05, 0.1) is 5.92 Å². The van der Waals surface area contributed by atoms with E-state index in [1.807, 2.05) is 4.90 Å². The van der Waals surface area contributed by atoms with Crippen LogP contribution in [0.2, 0.25) is 0 Å². The molecule has 0 saturated carbocycles. The van der Waals surface area contributed by atoms with Crippen molar-refractivity contribution in [3.05, 3.63) is 47.4 Å². The van der Waals surface area contributed by atoms with E-state index in [2.05, 4.69) is 31.8 Å². The summed E-state index contributed by atoms with van der Waals surface area (Å²) in [6.45, 7) is 6.39. The summed E-state index contributed by atoms with van der Waals surface area (Å²) in [5.74, 6) is 0.545. The Morgan fingerprint density at radius 1 is 1.11 bits per heavy atom. The Kier molecular flexibility index (Phi) is 8.04. The molecule has 8 nitrogen and oxygen atoms in total. The molecule has 0 spiro atoms. The molecule has 0 bridgehead atoms. The van der Waals surface area contributed by atoms with Crippen LogP contribution < -0.4 is 15.0 Å². The first kappa shape index (κ1) is 26.7. The molecular weight excluding hydrogens is 499 g/mol. The van der Waals surface area contributed by atoms with E-state index in [0.29, 0.717) is 57.4 Å². The van der Waals surface area contributed by atoms with E-state index in [-0.39, 0.29) is 17.7 Å². The largest absolute Gasteiger partial charge is 0.573 e. The number of alkyl halides is 3. The third-order valence-electron chi connectivity index (χ3n) is 7.79. The topological polar surface area (TPSA) is 79.8 Å². The molecule has 206 valence electrons. The molecule has 1 aromatic carbocycles. The number of ether oxygens (including phenoxy) is 2. The van der Waals surface area contributed by atoms with Crippen LogP contribution in [-0.2, 0) is 16.0 Å². The van der Waals surface area contributed by atoms with E-state index in [1.54, 1.807) is 18.5 Å². The van der Waals surface area contributed by atoms with Crippen molar-refractivity contribution in [2.75, 3.05) is 50.8 Å². The predicted molar refractivity (Wildman–Crippen MR) is 135 cm³/mol. The van der Waals surface area contributed by atoms with Gasteiger partial charge in [0.25, 0.3) is 0 Å². The molecule has 3 aliphatic rings. The number of amides is 1. The van der Waals surface area contributed by atoms with Crippen LogP contribution in [0.25, 0.3) is 0 Å². The number of fused-ring (bicyclic) bond motifs is 1. The summed E-state index contributed by atoms with van der Waals surface area (Å²) in [6, 6.07) is 5.89. The average Bonchev–Trinajstić information content (AvgIpc) is 3.30. The number of carbonyl (C=O) groups is 1. The Hall–Kier alpha value is -2.92. The van der Waals surface area contributed by atoms with Gasteiger partial charge in [-0.3, -0.25) is 4.79 Å². The normalized spacial score (nSPS) is 21.3. The molecule has 1 aliphatic carbocycles. The van der Waals surface area contributed by atoms with Gasteiger partial charge >= 0.3 is 6.36 Å². The molecule has 2 aliphatic heterocycles. The third kappa shape index (κ3) is 6.20. The number of nitrogens with one attached hydrogen (secondary N) is 1. The van der Waals surface area contributed by atoms with E-state index < -0.39 is 12.3 Å². The molecule has 3 heterocycles. The quantitative estimate of drug-likeness (QED) is 0.582. The molecule has 2 saturated heterocycles. The highest BCUT2D eigenvalue weighted by Crippen LogP contribution is 2.37. The van der Waals surface area contributed by atoms with Crippen molar-refractivity contribution in [3.8, 4) is 5.75 Å². The van der Waals surface area contributed by atoms with Gasteiger partial charge in [-0.25, -0.2) is 9.97 Å². The lowest BCUT2D eigenvalue weighted by Gasteiger charge is -2.38. The first-order chi connectivity index (χ1) is 18.3. The molecule has 2 fully saturated rings. The van der Waals surface area contributed by atoms with Crippen molar-refractivity contribution in [2.24, 2.45) is 0 Å². The van der Waals surface area contributed by atoms with Crippen LogP contribution in [0.4, 0.5) is 19.0 Å². The van der Waals surface area contributed by atoms with Crippen LogP contribution in [-0.4, -0.2) is 79.1 Å². The first-order valence-electron chi connectivity index (χ1n) is 13.3. The van der Waals surface area contributed by atoms with Gasteiger partial charge in [0.1, 0.15) is 17.9 Å². The fourth-order valence-corrected chi connectivity index (χ4v) is 5.67. The second-order valence-corrected chi connectivity index (χ2v) is 10.3. The number of halogens is 3. The first-order valence-corrected chi connectivity index (χ1v) is 13.3. The molecule has 0 radical (unpaired) electrons. The minimum Gasteiger partial charge on any atom is -0.406 e. The van der Waals surface area contributed by atoms with E-state index in [9.17, 15) is 18.0 Å². The molecule has 38 heavy (non-hydrogen) atoms. The number of rotatable bonds is 7. The number of hydrogen-bond donors (Lipinski definition) is 1. The minimum absolute atomic E-state index is 0.0324. The number of hydrogen-bond acceptors (Lipinski definition) is 7. The van der Waals surface area contributed by atoms with Crippen molar-refractivity contribution in [1.82, 2.24) is 20.2 Å². The number of aromatic nitrogens is 2.